The Morgan fingerprint density at radius 3 is 2.35 bits per heavy atom. The second-order valence-corrected chi connectivity index (χ2v) is 3.66. The maximum Gasteiger partial charge on any atom is 0.308 e. The van der Waals surface area contributed by atoms with Gasteiger partial charge in [-0.05, 0) is 24.1 Å². The molecule has 0 saturated heterocycles. The molecule has 1 atom stereocenters. The number of nitrogens with two attached hydrogens (primary N) is 1. The Morgan fingerprint density at radius 2 is 1.88 bits per heavy atom. The van der Waals surface area contributed by atoms with Gasteiger partial charge in [-0.15, -0.1) is 0 Å². The van der Waals surface area contributed by atoms with Crippen LogP contribution < -0.4 is 5.73 Å². The molecule has 2 N–H and O–H groups in total. The van der Waals surface area contributed by atoms with Gasteiger partial charge in [0.2, 0.25) is 0 Å². The molecular formula is C14H25NO2. The van der Waals surface area contributed by atoms with E-state index in [2.05, 4.69) is 0 Å². The van der Waals surface area contributed by atoms with Crippen LogP contribution in [0, 0.1) is 5.92 Å². The topological polar surface area (TPSA) is 52.3 Å². The molecule has 0 bridgehead atoms. The van der Waals surface area contributed by atoms with Gasteiger partial charge in [0.05, 0.1) is 5.92 Å². The first-order chi connectivity index (χ1) is 8.13. The van der Waals surface area contributed by atoms with Gasteiger partial charge in [0, 0.05) is 7.11 Å². The first-order valence-corrected chi connectivity index (χ1v) is 6.14. The summed E-state index contributed by atoms with van der Waals surface area (Å²) in [4.78, 5) is 11.4. The predicted octanol–water partition coefficient (Wildman–Crippen LogP) is 3.63. The van der Waals surface area contributed by atoms with Crippen molar-refractivity contribution < 1.29 is 11.0 Å². The van der Waals surface area contributed by atoms with E-state index in [0.717, 1.165) is 12.0 Å². The number of hydrogen-bond donors (Lipinski definition) is 1. The number of benzene rings is 1. The Labute approximate surface area is 105 Å². The van der Waals surface area contributed by atoms with Gasteiger partial charge in [0.15, 0.2) is 0 Å². The highest BCUT2D eigenvalue weighted by Gasteiger charge is 2.11. The number of rotatable bonds is 4. The SMILES string of the molecule is CC.CCC(C)C(=O)OCc1ccc(N)cc1.[HH]. The van der Waals surface area contributed by atoms with Gasteiger partial charge in [-0.2, -0.15) is 0 Å². The molecule has 0 fully saturated rings. The minimum Gasteiger partial charge on any atom is -0.461 e. The monoisotopic (exact) mass is 239 g/mol. The number of esters is 1. The Morgan fingerprint density at radius 1 is 1.35 bits per heavy atom. The van der Waals surface area contributed by atoms with Crippen molar-refractivity contribution in [3.05, 3.63) is 29.8 Å². The van der Waals surface area contributed by atoms with Crippen molar-refractivity contribution in [1.82, 2.24) is 0 Å². The Hall–Kier alpha value is -1.51. The number of hydrogen-bond acceptors (Lipinski definition) is 3. The lowest BCUT2D eigenvalue weighted by molar-refractivity contribution is -0.149. The lowest BCUT2D eigenvalue weighted by Crippen LogP contribution is -2.13. The molecule has 17 heavy (non-hydrogen) atoms. The van der Waals surface area contributed by atoms with Crippen molar-refractivity contribution >= 4 is 11.7 Å². The van der Waals surface area contributed by atoms with Gasteiger partial charge in [-0.25, -0.2) is 0 Å². The third-order valence-corrected chi connectivity index (χ3v) is 2.38. The zero-order chi connectivity index (χ0) is 13.3. The van der Waals surface area contributed by atoms with E-state index in [1.165, 1.54) is 0 Å². The summed E-state index contributed by atoms with van der Waals surface area (Å²) >= 11 is 0. The summed E-state index contributed by atoms with van der Waals surface area (Å²) in [6, 6.07) is 7.32. The van der Waals surface area contributed by atoms with Gasteiger partial charge in [0.25, 0.3) is 0 Å². The molecule has 1 unspecified atom stereocenters. The molecule has 0 amide bonds. The van der Waals surface area contributed by atoms with E-state index in [-0.39, 0.29) is 13.3 Å². The van der Waals surface area contributed by atoms with Gasteiger partial charge >= 0.3 is 5.97 Å². The molecule has 0 aliphatic carbocycles. The Kier molecular flexibility index (Phi) is 7.85. The molecule has 0 aliphatic rings. The standard InChI is InChI=1S/C12H17NO2.C2H6.H2/c1-3-9(2)12(14)15-8-10-4-6-11(13)7-5-10;1-2;/h4-7,9H,3,8,13H2,1-2H3;1-2H3;1H. The zero-order valence-electron chi connectivity index (χ0n) is 11.2. The van der Waals surface area contributed by atoms with E-state index in [0.29, 0.717) is 12.3 Å². The van der Waals surface area contributed by atoms with Crippen LogP contribution >= 0.6 is 0 Å². The first kappa shape index (κ1) is 15.5. The van der Waals surface area contributed by atoms with Gasteiger partial charge in [-0.3, -0.25) is 4.79 Å². The summed E-state index contributed by atoms with van der Waals surface area (Å²) in [5.74, 6) is -0.173. The summed E-state index contributed by atoms with van der Waals surface area (Å²) in [5.41, 5.74) is 7.22. The van der Waals surface area contributed by atoms with Crippen LogP contribution in [-0.4, -0.2) is 5.97 Å². The number of ether oxygens (including phenoxy) is 1. The largest absolute Gasteiger partial charge is 0.461 e. The third-order valence-electron chi connectivity index (χ3n) is 2.38. The van der Waals surface area contributed by atoms with Crippen LogP contribution in [0.1, 0.15) is 41.1 Å². The Bertz CT molecular complexity index is 325. The lowest BCUT2D eigenvalue weighted by Gasteiger charge is -2.09. The Balaban J connectivity index is 0. The summed E-state index contributed by atoms with van der Waals surface area (Å²) in [7, 11) is 0. The average Bonchev–Trinajstić information content (AvgIpc) is 2.39. The van der Waals surface area contributed by atoms with Crippen molar-refractivity contribution in [1.29, 1.82) is 0 Å². The fourth-order valence-corrected chi connectivity index (χ4v) is 1.08. The molecule has 3 nitrogen and oxygen atoms in total. The van der Waals surface area contributed by atoms with Crippen LogP contribution in [0.4, 0.5) is 5.69 Å². The summed E-state index contributed by atoms with van der Waals surface area (Å²) < 4.78 is 5.14. The highest BCUT2D eigenvalue weighted by Crippen LogP contribution is 2.09. The summed E-state index contributed by atoms with van der Waals surface area (Å²) in [6.07, 6.45) is 0.806. The molecule has 0 aliphatic heterocycles. The van der Waals surface area contributed by atoms with E-state index in [1.54, 1.807) is 12.1 Å². The first-order valence-electron chi connectivity index (χ1n) is 6.14. The van der Waals surface area contributed by atoms with Crippen molar-refractivity contribution in [2.75, 3.05) is 5.73 Å². The van der Waals surface area contributed by atoms with Gasteiger partial charge in [0.1, 0.15) is 6.61 Å². The zero-order valence-corrected chi connectivity index (χ0v) is 11.2. The third kappa shape index (κ3) is 5.95. The average molecular weight is 239 g/mol. The van der Waals surface area contributed by atoms with E-state index >= 15 is 0 Å². The minimum absolute atomic E-state index is 0. The number of carbonyl (C=O) groups excluding carboxylic acids is 1. The smallest absolute Gasteiger partial charge is 0.308 e. The van der Waals surface area contributed by atoms with Crippen molar-refractivity contribution in [2.24, 2.45) is 5.92 Å². The molecule has 1 rings (SSSR count). The molecule has 0 aromatic heterocycles. The highest BCUT2D eigenvalue weighted by atomic mass is 16.5. The molecule has 3 heteroatoms. The predicted molar refractivity (Wildman–Crippen MR) is 73.6 cm³/mol. The minimum atomic E-state index is -0.144. The molecule has 1 aromatic carbocycles. The van der Waals surface area contributed by atoms with Crippen LogP contribution in [0.5, 0.6) is 0 Å². The van der Waals surface area contributed by atoms with Crippen molar-refractivity contribution in [2.45, 2.75) is 40.7 Å². The maximum absolute atomic E-state index is 11.4. The molecular weight excluding hydrogens is 214 g/mol. The van der Waals surface area contributed by atoms with E-state index in [4.69, 9.17) is 10.5 Å². The molecule has 0 saturated carbocycles. The van der Waals surface area contributed by atoms with Crippen LogP contribution in [-0.2, 0) is 16.1 Å². The number of carbonyl (C=O) groups is 1. The fraction of sp³-hybridized carbons (Fsp3) is 0.500. The summed E-state index contributed by atoms with van der Waals surface area (Å²) in [5, 5.41) is 0. The van der Waals surface area contributed by atoms with Crippen molar-refractivity contribution in [3.63, 3.8) is 0 Å². The van der Waals surface area contributed by atoms with Crippen LogP contribution in [0.15, 0.2) is 24.3 Å². The molecule has 0 radical (unpaired) electrons. The quantitative estimate of drug-likeness (QED) is 0.644. The second-order valence-electron chi connectivity index (χ2n) is 3.66. The normalized spacial score (nSPS) is 11.1. The van der Waals surface area contributed by atoms with E-state index in [1.807, 2.05) is 39.8 Å². The fourth-order valence-electron chi connectivity index (χ4n) is 1.08. The van der Waals surface area contributed by atoms with E-state index in [9.17, 15) is 4.79 Å². The van der Waals surface area contributed by atoms with Crippen molar-refractivity contribution in [3.8, 4) is 0 Å². The van der Waals surface area contributed by atoms with Crippen LogP contribution in [0.25, 0.3) is 0 Å². The number of nitrogen functional groups attached to an aromatic ring is 1. The van der Waals surface area contributed by atoms with Crippen LogP contribution in [0.3, 0.4) is 0 Å². The lowest BCUT2D eigenvalue weighted by atomic mass is 10.1. The second kappa shape index (κ2) is 8.62. The van der Waals surface area contributed by atoms with Gasteiger partial charge < -0.3 is 10.5 Å². The van der Waals surface area contributed by atoms with Crippen LogP contribution in [0.2, 0.25) is 0 Å². The maximum atomic E-state index is 11.4. The highest BCUT2D eigenvalue weighted by molar-refractivity contribution is 5.71. The molecule has 0 spiro atoms. The molecule has 1 aromatic rings. The molecule has 0 heterocycles. The van der Waals surface area contributed by atoms with E-state index < -0.39 is 0 Å². The molecule has 98 valence electrons. The number of anilines is 1. The van der Waals surface area contributed by atoms with Gasteiger partial charge in [-0.1, -0.05) is 39.8 Å². The summed E-state index contributed by atoms with van der Waals surface area (Å²) in [6.45, 7) is 8.16.